The maximum absolute atomic E-state index is 6.11. The van der Waals surface area contributed by atoms with Crippen LogP contribution in [0.3, 0.4) is 0 Å². The third-order valence-electron chi connectivity index (χ3n) is 4.35. The van der Waals surface area contributed by atoms with Crippen molar-refractivity contribution >= 4 is 17.4 Å². The van der Waals surface area contributed by atoms with Gasteiger partial charge in [0.1, 0.15) is 16.8 Å². The van der Waals surface area contributed by atoms with Crippen molar-refractivity contribution in [2.75, 3.05) is 18.0 Å². The quantitative estimate of drug-likeness (QED) is 0.778. The Bertz CT molecular complexity index is 425. The molecule has 106 valence electrons. The van der Waals surface area contributed by atoms with E-state index in [4.69, 9.17) is 11.6 Å². The van der Waals surface area contributed by atoms with Crippen molar-refractivity contribution in [1.29, 1.82) is 0 Å². The van der Waals surface area contributed by atoms with Crippen molar-refractivity contribution in [3.63, 3.8) is 0 Å². The summed E-state index contributed by atoms with van der Waals surface area (Å²) in [6.45, 7) is 8.96. The number of rotatable bonds is 4. The lowest BCUT2D eigenvalue weighted by Gasteiger charge is -2.39. The minimum absolute atomic E-state index is 0.500. The molecule has 0 N–H and O–H groups in total. The number of piperidine rings is 1. The van der Waals surface area contributed by atoms with Crippen molar-refractivity contribution in [3.8, 4) is 0 Å². The summed E-state index contributed by atoms with van der Waals surface area (Å²) in [5.41, 5.74) is 0.500. The zero-order chi connectivity index (χ0) is 13.9. The van der Waals surface area contributed by atoms with Gasteiger partial charge in [-0.1, -0.05) is 38.8 Å². The lowest BCUT2D eigenvalue weighted by Crippen LogP contribution is -2.39. The van der Waals surface area contributed by atoms with E-state index < -0.39 is 0 Å². The second-order valence-electron chi connectivity index (χ2n) is 5.87. The molecule has 3 nitrogen and oxygen atoms in total. The number of nitrogens with zero attached hydrogens (tertiary/aromatic N) is 3. The highest BCUT2D eigenvalue weighted by Crippen LogP contribution is 2.35. The van der Waals surface area contributed by atoms with Crippen LogP contribution >= 0.6 is 11.6 Å². The van der Waals surface area contributed by atoms with Gasteiger partial charge in [0.15, 0.2) is 0 Å². The van der Waals surface area contributed by atoms with Crippen LogP contribution in [0.2, 0.25) is 5.15 Å². The van der Waals surface area contributed by atoms with E-state index in [1.165, 1.54) is 19.3 Å². The molecule has 0 unspecified atom stereocenters. The Morgan fingerprint density at radius 1 is 1.26 bits per heavy atom. The Labute approximate surface area is 121 Å². The van der Waals surface area contributed by atoms with Crippen molar-refractivity contribution in [2.45, 2.75) is 52.9 Å². The zero-order valence-corrected chi connectivity index (χ0v) is 13.0. The number of aryl methyl sites for hydroxylation is 1. The lowest BCUT2D eigenvalue weighted by molar-refractivity contribution is 0.237. The van der Waals surface area contributed by atoms with Crippen LogP contribution in [0, 0.1) is 5.41 Å². The van der Waals surface area contributed by atoms with E-state index in [0.29, 0.717) is 10.6 Å². The number of anilines is 1. The predicted octanol–water partition coefficient (Wildman–Crippen LogP) is 4.10. The highest BCUT2D eigenvalue weighted by Gasteiger charge is 2.28. The molecule has 0 aromatic carbocycles. The molecule has 0 aliphatic carbocycles. The molecule has 1 fully saturated rings. The molecule has 0 bridgehead atoms. The van der Waals surface area contributed by atoms with Crippen LogP contribution in [0.15, 0.2) is 6.07 Å². The molecule has 1 saturated heterocycles. The summed E-state index contributed by atoms with van der Waals surface area (Å²) in [5.74, 6) is 1.87. The minimum Gasteiger partial charge on any atom is -0.356 e. The first-order valence-corrected chi connectivity index (χ1v) is 7.72. The zero-order valence-electron chi connectivity index (χ0n) is 12.2. The normalized spacial score (nSPS) is 18.6. The number of hydrogen-bond donors (Lipinski definition) is 0. The van der Waals surface area contributed by atoms with Gasteiger partial charge in [-0.15, -0.1) is 0 Å². The largest absolute Gasteiger partial charge is 0.356 e. The lowest BCUT2D eigenvalue weighted by atomic mass is 9.78. The van der Waals surface area contributed by atoms with Gasteiger partial charge in [-0.2, -0.15) is 0 Å². The summed E-state index contributed by atoms with van der Waals surface area (Å²) >= 11 is 6.11. The van der Waals surface area contributed by atoms with Gasteiger partial charge in [0.25, 0.3) is 0 Å². The number of aromatic nitrogens is 2. The molecule has 0 atom stereocenters. The summed E-state index contributed by atoms with van der Waals surface area (Å²) in [4.78, 5) is 11.3. The van der Waals surface area contributed by atoms with E-state index >= 15 is 0 Å². The Balaban J connectivity index is 2.10. The van der Waals surface area contributed by atoms with Crippen LogP contribution in [0.4, 0.5) is 5.82 Å². The van der Waals surface area contributed by atoms with Crippen LogP contribution < -0.4 is 4.90 Å². The van der Waals surface area contributed by atoms with Crippen LogP contribution in [-0.4, -0.2) is 23.1 Å². The highest BCUT2D eigenvalue weighted by atomic mass is 35.5. The first-order chi connectivity index (χ1) is 9.06. The fraction of sp³-hybridized carbons (Fsp3) is 0.733. The van der Waals surface area contributed by atoms with Crippen molar-refractivity contribution in [3.05, 3.63) is 17.0 Å². The summed E-state index contributed by atoms with van der Waals surface area (Å²) < 4.78 is 0. The Morgan fingerprint density at radius 3 is 2.53 bits per heavy atom. The summed E-state index contributed by atoms with van der Waals surface area (Å²) in [6, 6.07) is 1.90. The molecule has 1 aliphatic heterocycles. The molecular weight excluding hydrogens is 258 g/mol. The molecule has 1 aromatic rings. The SMILES string of the molecule is CCCc1nc(Cl)cc(N2CCC(C)(CC)CC2)n1. The van der Waals surface area contributed by atoms with Gasteiger partial charge in [-0.3, -0.25) is 0 Å². The van der Waals surface area contributed by atoms with E-state index in [9.17, 15) is 0 Å². The van der Waals surface area contributed by atoms with Gasteiger partial charge in [-0.25, -0.2) is 9.97 Å². The molecule has 1 aromatic heterocycles. The minimum atomic E-state index is 0.500. The van der Waals surface area contributed by atoms with E-state index in [1.807, 2.05) is 6.07 Å². The average molecular weight is 282 g/mol. The average Bonchev–Trinajstić information content (AvgIpc) is 2.39. The molecule has 0 amide bonds. The highest BCUT2D eigenvalue weighted by molar-refractivity contribution is 6.29. The summed E-state index contributed by atoms with van der Waals surface area (Å²) in [7, 11) is 0. The maximum atomic E-state index is 6.11. The smallest absolute Gasteiger partial charge is 0.134 e. The molecule has 19 heavy (non-hydrogen) atoms. The maximum Gasteiger partial charge on any atom is 0.134 e. The molecular formula is C15H24ClN3. The fourth-order valence-electron chi connectivity index (χ4n) is 2.58. The Kier molecular flexibility index (Phi) is 4.67. The van der Waals surface area contributed by atoms with Crippen molar-refractivity contribution in [1.82, 2.24) is 9.97 Å². The van der Waals surface area contributed by atoms with Gasteiger partial charge in [0.2, 0.25) is 0 Å². The number of hydrogen-bond acceptors (Lipinski definition) is 3. The van der Waals surface area contributed by atoms with Gasteiger partial charge in [-0.05, 0) is 24.7 Å². The van der Waals surface area contributed by atoms with E-state index in [2.05, 4.69) is 35.6 Å². The Hall–Kier alpha value is -0.830. The second-order valence-corrected chi connectivity index (χ2v) is 6.25. The van der Waals surface area contributed by atoms with Crippen LogP contribution in [-0.2, 0) is 6.42 Å². The van der Waals surface area contributed by atoms with E-state index in [1.54, 1.807) is 0 Å². The van der Waals surface area contributed by atoms with Gasteiger partial charge < -0.3 is 4.90 Å². The summed E-state index contributed by atoms with van der Waals surface area (Å²) in [5, 5.41) is 0.567. The molecule has 4 heteroatoms. The van der Waals surface area contributed by atoms with E-state index in [0.717, 1.165) is 37.6 Å². The van der Waals surface area contributed by atoms with Crippen molar-refractivity contribution < 1.29 is 0 Å². The fourth-order valence-corrected chi connectivity index (χ4v) is 2.77. The first-order valence-electron chi connectivity index (χ1n) is 7.35. The van der Waals surface area contributed by atoms with Crippen LogP contribution in [0.25, 0.3) is 0 Å². The molecule has 0 saturated carbocycles. The third kappa shape index (κ3) is 3.59. The van der Waals surface area contributed by atoms with Crippen molar-refractivity contribution in [2.24, 2.45) is 5.41 Å². The van der Waals surface area contributed by atoms with E-state index in [-0.39, 0.29) is 0 Å². The Morgan fingerprint density at radius 2 is 1.95 bits per heavy atom. The first kappa shape index (κ1) is 14.6. The molecule has 0 spiro atoms. The molecule has 0 radical (unpaired) electrons. The summed E-state index contributed by atoms with van der Waals surface area (Å²) in [6.07, 6.45) is 5.66. The van der Waals surface area contributed by atoms with Crippen LogP contribution in [0.1, 0.15) is 52.3 Å². The van der Waals surface area contributed by atoms with Gasteiger partial charge >= 0.3 is 0 Å². The van der Waals surface area contributed by atoms with Gasteiger partial charge in [0.05, 0.1) is 0 Å². The topological polar surface area (TPSA) is 29.0 Å². The van der Waals surface area contributed by atoms with Crippen LogP contribution in [0.5, 0.6) is 0 Å². The number of halogens is 1. The molecule has 2 rings (SSSR count). The standard InChI is InChI=1S/C15H24ClN3/c1-4-6-13-17-12(16)11-14(18-13)19-9-7-15(3,5-2)8-10-19/h11H,4-10H2,1-3H3. The van der Waals surface area contributed by atoms with Gasteiger partial charge in [0, 0.05) is 25.6 Å². The molecule has 1 aliphatic rings. The second kappa shape index (κ2) is 6.08. The third-order valence-corrected chi connectivity index (χ3v) is 4.54. The molecule has 2 heterocycles. The monoisotopic (exact) mass is 281 g/mol. The predicted molar refractivity (Wildman–Crippen MR) is 80.9 cm³/mol.